The monoisotopic (exact) mass is 330 g/mol. The van der Waals surface area contributed by atoms with Crippen molar-refractivity contribution in [1.29, 1.82) is 0 Å². The van der Waals surface area contributed by atoms with Crippen LogP contribution in [-0.4, -0.2) is 26.5 Å². The maximum atomic E-state index is 11.8. The molecule has 22 heavy (non-hydrogen) atoms. The lowest BCUT2D eigenvalue weighted by Gasteiger charge is -2.35. The summed E-state index contributed by atoms with van der Waals surface area (Å²) in [5, 5.41) is 0. The topological polar surface area (TPSA) is 44.8 Å². The third-order valence-corrected chi connectivity index (χ3v) is 9.44. The number of carbonyl (C=O) groups excluding carboxylic acids is 1. The maximum absolute atomic E-state index is 11.8. The average Bonchev–Trinajstić information content (AvgIpc) is 2.92. The van der Waals surface area contributed by atoms with Crippen molar-refractivity contribution in [3.63, 3.8) is 0 Å². The third-order valence-electron chi connectivity index (χ3n) is 5.13. The lowest BCUT2D eigenvalue weighted by molar-refractivity contribution is -0.304. The smallest absolute Gasteiger partial charge is 0.309 e. The van der Waals surface area contributed by atoms with Crippen LogP contribution in [0.2, 0.25) is 18.1 Å². The van der Waals surface area contributed by atoms with E-state index in [1.54, 1.807) is 0 Å². The molecule has 1 rings (SSSR count). The minimum Gasteiger partial charge on any atom is -0.465 e. The standard InChI is InChI=1S/C17H34O4Si/c1-6-10-12-17(5,14-15-11-13-19-16(15)18)20-21-22(7-2,8-3)9-4/h15H,6-14H2,1-5H3/t15-,17-/m0/s1. The minimum absolute atomic E-state index is 0.0357. The first kappa shape index (κ1) is 19.7. The van der Waals surface area contributed by atoms with Gasteiger partial charge in [0.15, 0.2) is 0 Å². The number of ether oxygens (including phenoxy) is 1. The second-order valence-corrected chi connectivity index (χ2v) is 11.5. The van der Waals surface area contributed by atoms with Crippen molar-refractivity contribution in [2.45, 2.75) is 90.5 Å². The van der Waals surface area contributed by atoms with Gasteiger partial charge in [0.05, 0.1) is 12.5 Å². The summed E-state index contributed by atoms with van der Waals surface area (Å²) in [7, 11) is -1.78. The molecule has 0 spiro atoms. The number of carbonyl (C=O) groups is 1. The third kappa shape index (κ3) is 5.35. The van der Waals surface area contributed by atoms with Gasteiger partial charge in [0.25, 0.3) is 0 Å². The average molecular weight is 331 g/mol. The summed E-state index contributed by atoms with van der Waals surface area (Å²) in [6.07, 6.45) is 4.64. The number of hydrogen-bond donors (Lipinski definition) is 0. The summed E-state index contributed by atoms with van der Waals surface area (Å²) in [5.41, 5.74) is -0.387. The van der Waals surface area contributed by atoms with Gasteiger partial charge in [-0.15, -0.1) is 0 Å². The van der Waals surface area contributed by atoms with E-state index in [1.807, 2.05) is 0 Å². The van der Waals surface area contributed by atoms with Crippen molar-refractivity contribution in [2.75, 3.05) is 6.61 Å². The lowest BCUT2D eigenvalue weighted by Crippen LogP contribution is -2.42. The van der Waals surface area contributed by atoms with E-state index in [0.29, 0.717) is 13.0 Å². The molecule has 0 aromatic heterocycles. The summed E-state index contributed by atoms with van der Waals surface area (Å²) >= 11 is 0. The van der Waals surface area contributed by atoms with Crippen LogP contribution < -0.4 is 0 Å². The molecular formula is C17H34O4Si. The Hall–Kier alpha value is -0.393. The summed E-state index contributed by atoms with van der Waals surface area (Å²) in [5.74, 6) is -0.109. The van der Waals surface area contributed by atoms with Crippen LogP contribution in [0, 0.1) is 5.92 Å². The Labute approximate surface area is 137 Å². The van der Waals surface area contributed by atoms with Crippen molar-refractivity contribution in [3.8, 4) is 0 Å². The highest BCUT2D eigenvalue weighted by atomic mass is 28.4. The Kier molecular flexibility index (Phi) is 8.07. The Bertz CT molecular complexity index is 335. The van der Waals surface area contributed by atoms with Gasteiger partial charge in [-0.2, -0.15) is 0 Å². The second kappa shape index (κ2) is 9.04. The largest absolute Gasteiger partial charge is 0.465 e. The van der Waals surface area contributed by atoms with Crippen molar-refractivity contribution in [1.82, 2.24) is 0 Å². The quantitative estimate of drug-likeness (QED) is 0.235. The normalized spacial score (nSPS) is 21.7. The summed E-state index contributed by atoms with van der Waals surface area (Å²) in [6.45, 7) is 11.4. The molecule has 1 aliphatic rings. The van der Waals surface area contributed by atoms with E-state index in [-0.39, 0.29) is 17.5 Å². The highest BCUT2D eigenvalue weighted by Gasteiger charge is 2.39. The van der Waals surface area contributed by atoms with E-state index in [0.717, 1.165) is 43.8 Å². The van der Waals surface area contributed by atoms with Crippen LogP contribution in [0.5, 0.6) is 0 Å². The first-order valence-corrected chi connectivity index (χ1v) is 11.5. The predicted octanol–water partition coefficient (Wildman–Crippen LogP) is 4.84. The van der Waals surface area contributed by atoms with Crippen molar-refractivity contribution >= 4 is 14.3 Å². The van der Waals surface area contributed by atoms with Crippen LogP contribution in [0.25, 0.3) is 0 Å². The van der Waals surface area contributed by atoms with Crippen molar-refractivity contribution < 1.29 is 19.0 Å². The van der Waals surface area contributed by atoms with Gasteiger partial charge in [0.2, 0.25) is 8.32 Å². The SMILES string of the molecule is CCCC[C@@](C)(C[C@@H]1CCOC1=O)OO[Si](CC)(CC)CC. The van der Waals surface area contributed by atoms with Gasteiger partial charge in [-0.25, -0.2) is 4.89 Å². The summed E-state index contributed by atoms with van der Waals surface area (Å²) < 4.78 is 11.2. The fourth-order valence-corrected chi connectivity index (χ4v) is 5.32. The van der Waals surface area contributed by atoms with E-state index in [9.17, 15) is 4.79 Å². The minimum atomic E-state index is -1.78. The molecule has 0 aromatic carbocycles. The molecule has 1 fully saturated rings. The molecule has 0 saturated carbocycles. The highest BCUT2D eigenvalue weighted by Crippen LogP contribution is 2.34. The number of rotatable bonds is 11. The second-order valence-electron chi connectivity index (χ2n) is 6.82. The molecule has 1 saturated heterocycles. The van der Waals surface area contributed by atoms with Gasteiger partial charge in [0.1, 0.15) is 5.60 Å². The van der Waals surface area contributed by atoms with Crippen LogP contribution >= 0.6 is 0 Å². The van der Waals surface area contributed by atoms with Crippen LogP contribution in [0.15, 0.2) is 0 Å². The number of esters is 1. The van der Waals surface area contributed by atoms with Crippen LogP contribution in [-0.2, 0) is 19.0 Å². The molecule has 0 bridgehead atoms. The zero-order valence-electron chi connectivity index (χ0n) is 15.1. The molecule has 1 aliphatic heterocycles. The molecule has 130 valence electrons. The molecule has 0 aromatic rings. The summed E-state index contributed by atoms with van der Waals surface area (Å²) in [4.78, 5) is 17.8. The number of cyclic esters (lactones) is 1. The van der Waals surface area contributed by atoms with E-state index in [2.05, 4.69) is 34.6 Å². The molecule has 5 heteroatoms. The van der Waals surface area contributed by atoms with E-state index in [4.69, 9.17) is 14.2 Å². The molecule has 0 N–H and O–H groups in total. The van der Waals surface area contributed by atoms with Crippen LogP contribution in [0.1, 0.15) is 66.7 Å². The molecule has 1 heterocycles. The van der Waals surface area contributed by atoms with Gasteiger partial charge >= 0.3 is 5.97 Å². The van der Waals surface area contributed by atoms with Gasteiger partial charge in [-0.1, -0.05) is 40.5 Å². The lowest BCUT2D eigenvalue weighted by atomic mass is 9.87. The van der Waals surface area contributed by atoms with E-state index in [1.165, 1.54) is 0 Å². The molecular weight excluding hydrogens is 296 g/mol. The van der Waals surface area contributed by atoms with Crippen molar-refractivity contribution in [3.05, 3.63) is 0 Å². The Morgan fingerprint density at radius 3 is 2.32 bits per heavy atom. The van der Waals surface area contributed by atoms with Crippen molar-refractivity contribution in [2.24, 2.45) is 5.92 Å². The number of unbranched alkanes of at least 4 members (excludes halogenated alkanes) is 1. The maximum Gasteiger partial charge on any atom is 0.309 e. The van der Waals surface area contributed by atoms with Gasteiger partial charge in [0, 0.05) is 0 Å². The van der Waals surface area contributed by atoms with E-state index >= 15 is 0 Å². The Balaban J connectivity index is 2.71. The van der Waals surface area contributed by atoms with Gasteiger partial charge in [-0.05, 0) is 44.3 Å². The first-order valence-electron chi connectivity index (χ1n) is 8.97. The Morgan fingerprint density at radius 2 is 1.86 bits per heavy atom. The fraction of sp³-hybridized carbons (Fsp3) is 0.941. The zero-order chi connectivity index (χ0) is 16.6. The van der Waals surface area contributed by atoms with E-state index < -0.39 is 8.32 Å². The van der Waals surface area contributed by atoms with Gasteiger partial charge < -0.3 is 4.74 Å². The summed E-state index contributed by atoms with van der Waals surface area (Å²) in [6, 6.07) is 3.19. The molecule has 4 nitrogen and oxygen atoms in total. The zero-order valence-corrected chi connectivity index (χ0v) is 16.1. The highest BCUT2D eigenvalue weighted by molar-refractivity contribution is 6.73. The molecule has 2 atom stereocenters. The molecule has 0 unspecified atom stereocenters. The molecule has 0 radical (unpaired) electrons. The first-order chi connectivity index (χ1) is 10.4. The number of hydrogen-bond acceptors (Lipinski definition) is 4. The Morgan fingerprint density at radius 1 is 1.23 bits per heavy atom. The molecule has 0 amide bonds. The van der Waals surface area contributed by atoms with Crippen LogP contribution in [0.4, 0.5) is 0 Å². The van der Waals surface area contributed by atoms with Gasteiger partial charge in [-0.3, -0.25) is 9.37 Å². The predicted molar refractivity (Wildman–Crippen MR) is 91.0 cm³/mol. The molecule has 0 aliphatic carbocycles. The fourth-order valence-electron chi connectivity index (χ4n) is 3.09. The van der Waals surface area contributed by atoms with Crippen LogP contribution in [0.3, 0.4) is 0 Å².